The van der Waals surface area contributed by atoms with Gasteiger partial charge < -0.3 is 19.9 Å². The SMILES string of the molecule is CCC(C)NC(=S)N(Cc1ccc(OC)cc1)Cc1cc2c(C)cc(C)cc2[nH]c1=O. The number of ether oxygens (including phenoxy) is 1. The number of nitrogens with one attached hydrogen (secondary N) is 2. The third-order valence-corrected chi connectivity index (χ3v) is 5.93. The second kappa shape index (κ2) is 9.96. The van der Waals surface area contributed by atoms with Gasteiger partial charge in [-0.3, -0.25) is 4.79 Å². The van der Waals surface area contributed by atoms with Gasteiger partial charge in [0.2, 0.25) is 0 Å². The molecule has 0 bridgehead atoms. The molecule has 0 fully saturated rings. The second-order valence-electron chi connectivity index (χ2n) is 8.13. The summed E-state index contributed by atoms with van der Waals surface area (Å²) < 4.78 is 5.26. The lowest BCUT2D eigenvalue weighted by Crippen LogP contribution is -2.43. The van der Waals surface area contributed by atoms with E-state index >= 15 is 0 Å². The normalized spacial score (nSPS) is 11.9. The molecule has 0 saturated heterocycles. The Bertz CT molecular complexity index is 1120. The highest BCUT2D eigenvalue weighted by molar-refractivity contribution is 7.80. The van der Waals surface area contributed by atoms with E-state index in [0.29, 0.717) is 23.8 Å². The topological polar surface area (TPSA) is 57.4 Å². The lowest BCUT2D eigenvalue weighted by atomic mass is 10.0. The largest absolute Gasteiger partial charge is 0.497 e. The van der Waals surface area contributed by atoms with Crippen molar-refractivity contribution in [2.45, 2.75) is 53.2 Å². The number of pyridine rings is 1. The average Bonchev–Trinajstić information content (AvgIpc) is 2.74. The lowest BCUT2D eigenvalue weighted by molar-refractivity contribution is 0.389. The highest BCUT2D eigenvalue weighted by Gasteiger charge is 2.16. The van der Waals surface area contributed by atoms with Gasteiger partial charge in [-0.25, -0.2) is 0 Å². The molecule has 5 nitrogen and oxygen atoms in total. The van der Waals surface area contributed by atoms with Gasteiger partial charge in [0.05, 0.1) is 13.7 Å². The average molecular weight is 438 g/mol. The third-order valence-electron chi connectivity index (χ3n) is 5.55. The number of rotatable bonds is 7. The van der Waals surface area contributed by atoms with Crippen molar-refractivity contribution in [1.82, 2.24) is 15.2 Å². The Balaban J connectivity index is 1.94. The Morgan fingerprint density at radius 2 is 1.87 bits per heavy atom. The summed E-state index contributed by atoms with van der Waals surface area (Å²) >= 11 is 5.72. The monoisotopic (exact) mass is 437 g/mol. The van der Waals surface area contributed by atoms with E-state index in [2.05, 4.69) is 37.1 Å². The van der Waals surface area contributed by atoms with Crippen LogP contribution in [-0.4, -0.2) is 28.1 Å². The summed E-state index contributed by atoms with van der Waals surface area (Å²) in [6, 6.07) is 14.3. The van der Waals surface area contributed by atoms with Gasteiger partial charge in [0, 0.05) is 29.1 Å². The molecule has 1 unspecified atom stereocenters. The van der Waals surface area contributed by atoms with E-state index in [-0.39, 0.29) is 11.6 Å². The van der Waals surface area contributed by atoms with E-state index in [1.54, 1.807) is 7.11 Å². The Hall–Kier alpha value is -2.86. The van der Waals surface area contributed by atoms with E-state index in [1.807, 2.05) is 48.2 Å². The fraction of sp³-hybridized carbons (Fsp3) is 0.360. The van der Waals surface area contributed by atoms with Gasteiger partial charge in [-0.1, -0.05) is 25.1 Å². The number of fused-ring (bicyclic) bond motifs is 1. The van der Waals surface area contributed by atoms with E-state index < -0.39 is 0 Å². The van der Waals surface area contributed by atoms with Crippen LogP contribution in [-0.2, 0) is 13.1 Å². The Morgan fingerprint density at radius 1 is 1.16 bits per heavy atom. The minimum atomic E-state index is -0.0800. The summed E-state index contributed by atoms with van der Waals surface area (Å²) in [6.45, 7) is 9.35. The van der Waals surface area contributed by atoms with Crippen LogP contribution in [0.3, 0.4) is 0 Å². The van der Waals surface area contributed by atoms with Crippen molar-refractivity contribution < 1.29 is 4.74 Å². The number of aromatic nitrogens is 1. The molecule has 0 radical (unpaired) electrons. The summed E-state index contributed by atoms with van der Waals surface area (Å²) in [6.07, 6.45) is 0.964. The predicted octanol–water partition coefficient (Wildman–Crippen LogP) is 4.83. The van der Waals surface area contributed by atoms with Crippen LogP contribution in [0.25, 0.3) is 10.9 Å². The van der Waals surface area contributed by atoms with Crippen LogP contribution in [0.1, 0.15) is 42.5 Å². The summed E-state index contributed by atoms with van der Waals surface area (Å²) in [5, 5.41) is 5.09. The smallest absolute Gasteiger partial charge is 0.253 e. The zero-order valence-corrected chi connectivity index (χ0v) is 19.7. The van der Waals surface area contributed by atoms with Crippen LogP contribution >= 0.6 is 12.2 Å². The maximum atomic E-state index is 12.9. The van der Waals surface area contributed by atoms with E-state index in [1.165, 1.54) is 0 Å². The number of hydrogen-bond acceptors (Lipinski definition) is 3. The summed E-state index contributed by atoms with van der Waals surface area (Å²) in [5.74, 6) is 0.812. The van der Waals surface area contributed by atoms with Gasteiger partial charge >= 0.3 is 0 Å². The van der Waals surface area contributed by atoms with Crippen LogP contribution in [0.15, 0.2) is 47.3 Å². The van der Waals surface area contributed by atoms with Gasteiger partial charge in [-0.05, 0) is 80.4 Å². The van der Waals surface area contributed by atoms with Crippen molar-refractivity contribution in [2.75, 3.05) is 7.11 Å². The highest BCUT2D eigenvalue weighted by atomic mass is 32.1. The van der Waals surface area contributed by atoms with Crippen LogP contribution in [0.4, 0.5) is 0 Å². The maximum absolute atomic E-state index is 12.9. The van der Waals surface area contributed by atoms with Crippen molar-refractivity contribution in [2.24, 2.45) is 0 Å². The molecule has 0 amide bonds. The first-order chi connectivity index (χ1) is 14.8. The molecule has 3 rings (SSSR count). The molecule has 1 atom stereocenters. The van der Waals surface area contributed by atoms with E-state index in [9.17, 15) is 4.79 Å². The molecule has 1 heterocycles. The van der Waals surface area contributed by atoms with Gasteiger partial charge in [0.15, 0.2) is 5.11 Å². The predicted molar refractivity (Wildman–Crippen MR) is 132 cm³/mol. The number of aromatic amines is 1. The van der Waals surface area contributed by atoms with Crippen LogP contribution in [0.5, 0.6) is 5.75 Å². The number of methoxy groups -OCH3 is 1. The molecule has 0 aliphatic carbocycles. The molecule has 6 heteroatoms. The van der Waals surface area contributed by atoms with Crippen LogP contribution in [0.2, 0.25) is 0 Å². The quantitative estimate of drug-likeness (QED) is 0.519. The fourth-order valence-electron chi connectivity index (χ4n) is 3.59. The molecule has 164 valence electrons. The molecule has 0 aliphatic heterocycles. The third kappa shape index (κ3) is 5.64. The van der Waals surface area contributed by atoms with Gasteiger partial charge in [-0.15, -0.1) is 0 Å². The van der Waals surface area contributed by atoms with Crippen molar-refractivity contribution in [1.29, 1.82) is 0 Å². The first-order valence-electron chi connectivity index (χ1n) is 10.6. The fourth-order valence-corrected chi connectivity index (χ4v) is 3.92. The summed E-state index contributed by atoms with van der Waals surface area (Å²) in [4.78, 5) is 18.0. The second-order valence-corrected chi connectivity index (χ2v) is 8.52. The summed E-state index contributed by atoms with van der Waals surface area (Å²) in [7, 11) is 1.65. The zero-order chi connectivity index (χ0) is 22.5. The molecular weight excluding hydrogens is 406 g/mol. The molecule has 0 spiro atoms. The molecule has 2 N–H and O–H groups in total. The number of nitrogens with zero attached hydrogens (tertiary/aromatic N) is 1. The summed E-state index contributed by atoms with van der Waals surface area (Å²) in [5.41, 5.74) is 4.86. The van der Waals surface area contributed by atoms with Gasteiger partial charge in [0.1, 0.15) is 5.75 Å². The van der Waals surface area contributed by atoms with Crippen molar-refractivity contribution in [3.63, 3.8) is 0 Å². The maximum Gasteiger partial charge on any atom is 0.253 e. The molecule has 1 aromatic heterocycles. The van der Waals surface area contributed by atoms with Crippen molar-refractivity contribution in [3.05, 3.63) is 75.1 Å². The number of thiocarbonyl (C=S) groups is 1. The van der Waals surface area contributed by atoms with Crippen molar-refractivity contribution in [3.8, 4) is 5.75 Å². The molecular formula is C25H31N3O2S. The molecule has 2 aromatic carbocycles. The molecule has 0 saturated carbocycles. The van der Waals surface area contributed by atoms with E-state index in [4.69, 9.17) is 17.0 Å². The Morgan fingerprint density at radius 3 is 2.52 bits per heavy atom. The minimum Gasteiger partial charge on any atom is -0.497 e. The molecule has 0 aliphatic rings. The Labute approximate surface area is 189 Å². The first kappa shape index (κ1) is 22.8. The highest BCUT2D eigenvalue weighted by Crippen LogP contribution is 2.20. The molecule has 31 heavy (non-hydrogen) atoms. The zero-order valence-electron chi connectivity index (χ0n) is 18.9. The number of benzene rings is 2. The number of aryl methyl sites for hydroxylation is 2. The van der Waals surface area contributed by atoms with Gasteiger partial charge in [0.25, 0.3) is 5.56 Å². The van der Waals surface area contributed by atoms with Crippen molar-refractivity contribution >= 4 is 28.2 Å². The van der Waals surface area contributed by atoms with Crippen LogP contribution in [0, 0.1) is 13.8 Å². The van der Waals surface area contributed by atoms with Gasteiger partial charge in [-0.2, -0.15) is 0 Å². The lowest BCUT2D eigenvalue weighted by Gasteiger charge is -2.28. The minimum absolute atomic E-state index is 0.0800. The number of H-pyrrole nitrogens is 1. The molecule has 3 aromatic rings. The number of hydrogen-bond donors (Lipinski definition) is 2. The standard InChI is InChI=1S/C25H31N3O2S/c1-6-18(4)26-25(31)28(14-19-7-9-21(30-5)10-8-19)15-20-13-22-17(3)11-16(2)12-23(22)27-24(20)29/h7-13,18H,6,14-15H2,1-5H3,(H,26,31)(H,27,29). The Kier molecular flexibility index (Phi) is 7.33. The van der Waals surface area contributed by atoms with E-state index in [0.717, 1.165) is 39.8 Å². The van der Waals surface area contributed by atoms with Crippen LogP contribution < -0.4 is 15.6 Å². The first-order valence-corrected chi connectivity index (χ1v) is 11.0.